The van der Waals surface area contributed by atoms with Gasteiger partial charge in [-0.25, -0.2) is 4.39 Å². The lowest BCUT2D eigenvalue weighted by Crippen LogP contribution is -2.13. The van der Waals surface area contributed by atoms with Crippen molar-refractivity contribution >= 4 is 11.4 Å². The molecular weight excluding hydrogens is 287 g/mol. The highest BCUT2D eigenvalue weighted by atomic mass is 19.1. The number of ketones is 1. The maximum absolute atomic E-state index is 13.0. The van der Waals surface area contributed by atoms with E-state index in [0.717, 1.165) is 34.2 Å². The minimum Gasteiger partial charge on any atom is -0.294 e. The minimum atomic E-state index is -0.240. The standard InChI is InChI=1S/C21H21FO/c1-13-10-14(2)20(15(3)11-13)19-9-6-17(21(19)23)12-16-4-7-18(22)8-5-16/h4-5,7-11,17H,6,12H2,1-3H3. The van der Waals surface area contributed by atoms with E-state index in [1.165, 1.54) is 17.7 Å². The zero-order chi connectivity index (χ0) is 16.6. The first-order valence-electron chi connectivity index (χ1n) is 8.02. The van der Waals surface area contributed by atoms with Crippen LogP contribution in [-0.4, -0.2) is 5.78 Å². The summed E-state index contributed by atoms with van der Waals surface area (Å²) in [6, 6.07) is 10.7. The number of rotatable bonds is 3. The van der Waals surface area contributed by atoms with Gasteiger partial charge in [0.15, 0.2) is 5.78 Å². The van der Waals surface area contributed by atoms with Crippen LogP contribution in [0.2, 0.25) is 0 Å². The fourth-order valence-electron chi connectivity index (χ4n) is 3.60. The first-order chi connectivity index (χ1) is 11.0. The van der Waals surface area contributed by atoms with Crippen molar-refractivity contribution in [3.8, 4) is 0 Å². The molecule has 2 aromatic rings. The van der Waals surface area contributed by atoms with E-state index in [-0.39, 0.29) is 17.5 Å². The van der Waals surface area contributed by atoms with Gasteiger partial charge < -0.3 is 0 Å². The van der Waals surface area contributed by atoms with Crippen molar-refractivity contribution < 1.29 is 9.18 Å². The van der Waals surface area contributed by atoms with E-state index in [4.69, 9.17) is 0 Å². The minimum absolute atomic E-state index is 0.0319. The molecule has 0 radical (unpaired) electrons. The van der Waals surface area contributed by atoms with Gasteiger partial charge in [-0.2, -0.15) is 0 Å². The fourth-order valence-corrected chi connectivity index (χ4v) is 3.60. The molecule has 0 bridgehead atoms. The van der Waals surface area contributed by atoms with Crippen LogP contribution in [0.3, 0.4) is 0 Å². The SMILES string of the molecule is Cc1cc(C)c(C2=CCC(Cc3ccc(F)cc3)C2=O)c(C)c1. The van der Waals surface area contributed by atoms with E-state index >= 15 is 0 Å². The van der Waals surface area contributed by atoms with Crippen LogP contribution >= 0.6 is 0 Å². The van der Waals surface area contributed by atoms with Gasteiger partial charge in [0.1, 0.15) is 5.82 Å². The number of hydrogen-bond acceptors (Lipinski definition) is 1. The summed E-state index contributed by atoms with van der Waals surface area (Å²) in [5.74, 6) is -0.0591. The van der Waals surface area contributed by atoms with Gasteiger partial charge >= 0.3 is 0 Å². The Morgan fingerprint density at radius 2 is 1.65 bits per heavy atom. The summed E-state index contributed by atoms with van der Waals surface area (Å²) < 4.78 is 13.0. The van der Waals surface area contributed by atoms with Crippen LogP contribution in [0, 0.1) is 32.5 Å². The van der Waals surface area contributed by atoms with Crippen molar-refractivity contribution in [2.24, 2.45) is 5.92 Å². The largest absolute Gasteiger partial charge is 0.294 e. The Morgan fingerprint density at radius 3 is 2.26 bits per heavy atom. The molecule has 0 saturated heterocycles. The van der Waals surface area contributed by atoms with Crippen LogP contribution in [0.5, 0.6) is 0 Å². The summed E-state index contributed by atoms with van der Waals surface area (Å²) in [4.78, 5) is 12.8. The molecule has 3 rings (SSSR count). The molecule has 0 spiro atoms. The summed E-state index contributed by atoms with van der Waals surface area (Å²) in [7, 11) is 0. The van der Waals surface area contributed by atoms with Gasteiger partial charge in [0, 0.05) is 11.5 Å². The van der Waals surface area contributed by atoms with Gasteiger partial charge in [0.2, 0.25) is 0 Å². The Bertz CT molecular complexity index is 761. The summed E-state index contributed by atoms with van der Waals surface area (Å²) in [5.41, 5.74) is 6.48. The molecule has 0 saturated carbocycles. The second-order valence-corrected chi connectivity index (χ2v) is 6.52. The topological polar surface area (TPSA) is 17.1 Å². The first-order valence-corrected chi connectivity index (χ1v) is 8.02. The van der Waals surface area contributed by atoms with E-state index in [2.05, 4.69) is 39.0 Å². The van der Waals surface area contributed by atoms with Crippen molar-refractivity contribution in [3.05, 3.63) is 76.1 Å². The number of benzene rings is 2. The van der Waals surface area contributed by atoms with Crippen LogP contribution in [0.4, 0.5) is 4.39 Å². The van der Waals surface area contributed by atoms with Crippen molar-refractivity contribution in [2.75, 3.05) is 0 Å². The Labute approximate surface area is 136 Å². The molecule has 0 heterocycles. The molecule has 118 valence electrons. The third-order valence-electron chi connectivity index (χ3n) is 4.58. The molecule has 1 nitrogen and oxygen atoms in total. The molecule has 0 N–H and O–H groups in total. The number of aryl methyl sites for hydroxylation is 3. The van der Waals surface area contributed by atoms with Gasteiger partial charge in [0.05, 0.1) is 0 Å². The van der Waals surface area contributed by atoms with Crippen molar-refractivity contribution in [1.29, 1.82) is 0 Å². The Morgan fingerprint density at radius 1 is 1.04 bits per heavy atom. The van der Waals surface area contributed by atoms with Crippen molar-refractivity contribution in [1.82, 2.24) is 0 Å². The van der Waals surface area contributed by atoms with Crippen LogP contribution in [-0.2, 0) is 11.2 Å². The lowest BCUT2D eigenvalue weighted by Gasteiger charge is -2.14. The molecule has 1 aliphatic rings. The van der Waals surface area contributed by atoms with Crippen LogP contribution in [0.15, 0.2) is 42.5 Å². The maximum Gasteiger partial charge on any atom is 0.166 e. The second-order valence-electron chi connectivity index (χ2n) is 6.52. The summed E-state index contributed by atoms with van der Waals surface area (Å²) >= 11 is 0. The molecule has 0 aromatic heterocycles. The molecule has 2 heteroatoms. The highest BCUT2D eigenvalue weighted by molar-refractivity contribution is 6.24. The van der Waals surface area contributed by atoms with Crippen LogP contribution in [0.1, 0.15) is 34.2 Å². The van der Waals surface area contributed by atoms with Crippen molar-refractivity contribution in [3.63, 3.8) is 0 Å². The smallest absolute Gasteiger partial charge is 0.166 e. The van der Waals surface area contributed by atoms with E-state index < -0.39 is 0 Å². The Balaban J connectivity index is 1.83. The summed E-state index contributed by atoms with van der Waals surface area (Å²) in [5, 5.41) is 0. The fraction of sp³-hybridized carbons (Fsp3) is 0.286. The number of hydrogen-bond donors (Lipinski definition) is 0. The number of carbonyl (C=O) groups excluding carboxylic acids is 1. The predicted octanol–water partition coefficient (Wildman–Crippen LogP) is 4.97. The van der Waals surface area contributed by atoms with Gasteiger partial charge in [-0.15, -0.1) is 0 Å². The highest BCUT2D eigenvalue weighted by Gasteiger charge is 2.29. The highest BCUT2D eigenvalue weighted by Crippen LogP contribution is 2.34. The maximum atomic E-state index is 13.0. The van der Waals surface area contributed by atoms with Gasteiger partial charge in [-0.1, -0.05) is 35.9 Å². The number of halogens is 1. The second kappa shape index (κ2) is 6.11. The van der Waals surface area contributed by atoms with E-state index in [1.54, 1.807) is 12.1 Å². The van der Waals surface area contributed by atoms with Crippen molar-refractivity contribution in [2.45, 2.75) is 33.6 Å². The molecular formula is C21H21FO. The zero-order valence-corrected chi connectivity index (χ0v) is 13.8. The number of Topliss-reactive ketones (excluding diaryl/α,β-unsaturated/α-hetero) is 1. The third kappa shape index (κ3) is 3.12. The van der Waals surface area contributed by atoms with Gasteiger partial charge in [-0.3, -0.25) is 4.79 Å². The summed E-state index contributed by atoms with van der Waals surface area (Å²) in [6.07, 6.45) is 3.50. The molecule has 0 aliphatic heterocycles. The Kier molecular flexibility index (Phi) is 4.16. The molecule has 0 amide bonds. The lowest BCUT2D eigenvalue weighted by molar-refractivity contribution is -0.116. The van der Waals surface area contributed by atoms with Gasteiger partial charge in [0.25, 0.3) is 0 Å². The molecule has 0 fully saturated rings. The number of carbonyl (C=O) groups is 1. The van der Waals surface area contributed by atoms with Gasteiger partial charge in [-0.05, 0) is 68.0 Å². The molecule has 1 atom stereocenters. The average Bonchev–Trinajstić information content (AvgIpc) is 2.82. The van der Waals surface area contributed by atoms with Crippen LogP contribution in [0.25, 0.3) is 5.57 Å². The molecule has 2 aromatic carbocycles. The predicted molar refractivity (Wildman–Crippen MR) is 91.8 cm³/mol. The monoisotopic (exact) mass is 308 g/mol. The van der Waals surface area contributed by atoms with Crippen LogP contribution < -0.4 is 0 Å². The molecule has 23 heavy (non-hydrogen) atoms. The quantitative estimate of drug-likeness (QED) is 0.782. The normalized spacial score (nSPS) is 17.5. The Hall–Kier alpha value is -2.22. The molecule has 1 aliphatic carbocycles. The van der Waals surface area contributed by atoms with E-state index in [0.29, 0.717) is 6.42 Å². The summed E-state index contributed by atoms with van der Waals surface area (Å²) in [6.45, 7) is 6.21. The van der Waals surface area contributed by atoms with E-state index in [1.807, 2.05) is 0 Å². The lowest BCUT2D eigenvalue weighted by atomic mass is 9.89. The van der Waals surface area contributed by atoms with E-state index in [9.17, 15) is 9.18 Å². The average molecular weight is 308 g/mol. The third-order valence-corrected chi connectivity index (χ3v) is 4.58. The zero-order valence-electron chi connectivity index (χ0n) is 13.8. The first kappa shape index (κ1) is 15.7. The molecule has 1 unspecified atom stereocenters. The number of allylic oxidation sites excluding steroid dienone is 2.